The molecule has 3 aromatic rings. The van der Waals surface area contributed by atoms with Crippen LogP contribution in [0.3, 0.4) is 0 Å². The van der Waals surface area contributed by atoms with Gasteiger partial charge in [-0.05, 0) is 73.1 Å². The number of nitrogens with zero attached hydrogens (tertiary/aromatic N) is 2. The number of nitrogens with one attached hydrogen (secondary N) is 1. The van der Waals surface area contributed by atoms with Crippen LogP contribution in [-0.4, -0.2) is 55.6 Å². The largest absolute Gasteiger partial charge is 0.493 e. The van der Waals surface area contributed by atoms with E-state index in [-0.39, 0.29) is 28.9 Å². The fourth-order valence-corrected chi connectivity index (χ4v) is 5.38. The van der Waals surface area contributed by atoms with Gasteiger partial charge in [0.1, 0.15) is 10.9 Å². The summed E-state index contributed by atoms with van der Waals surface area (Å²) >= 11 is 0.754. The molecule has 0 spiro atoms. The first-order chi connectivity index (χ1) is 19.2. The Labute approximate surface area is 236 Å². The summed E-state index contributed by atoms with van der Waals surface area (Å²) in [5, 5.41) is 2.97. The minimum atomic E-state index is -1.16. The Balaban J connectivity index is 1.90. The molecule has 0 aliphatic carbocycles. The number of hydrogen-bond acceptors (Lipinski definition) is 9. The molecule has 1 aliphatic heterocycles. The molecule has 2 atom stereocenters. The standard InChI is InChI=1S/C28H33N5O6S/c1-15-7-8-16(2)19(12-15)33(28(36)25-22(29)23(26(30)34)32-40-25)24(27(35)31-14-18-6-5-11-39-18)17-9-10-20(37-3)21(13-17)38-4/h7-10,12-13,18,24H,5-6,11,14,29H2,1-4H3,(H2,30,34)(H,31,35). The van der Waals surface area contributed by atoms with Crippen LogP contribution in [0.15, 0.2) is 36.4 Å². The third kappa shape index (κ3) is 5.87. The Hall–Kier alpha value is -4.16. The van der Waals surface area contributed by atoms with E-state index in [1.807, 2.05) is 32.0 Å². The second kappa shape index (κ2) is 12.3. The topological polar surface area (TPSA) is 159 Å². The Morgan fingerprint density at radius 1 is 1.15 bits per heavy atom. The number of ether oxygens (including phenoxy) is 3. The van der Waals surface area contributed by atoms with Gasteiger partial charge in [0.15, 0.2) is 17.2 Å². The lowest BCUT2D eigenvalue weighted by atomic mass is 9.99. The summed E-state index contributed by atoms with van der Waals surface area (Å²) < 4.78 is 20.6. The van der Waals surface area contributed by atoms with E-state index >= 15 is 0 Å². The third-order valence-electron chi connectivity index (χ3n) is 6.76. The van der Waals surface area contributed by atoms with Gasteiger partial charge in [-0.15, -0.1) is 0 Å². The molecular formula is C28H33N5O6S. The highest BCUT2D eigenvalue weighted by Gasteiger charge is 2.37. The van der Waals surface area contributed by atoms with E-state index in [4.69, 9.17) is 25.7 Å². The highest BCUT2D eigenvalue weighted by atomic mass is 32.1. The average molecular weight is 568 g/mol. The number of carbonyl (C=O) groups is 3. The molecule has 11 nitrogen and oxygen atoms in total. The summed E-state index contributed by atoms with van der Waals surface area (Å²) in [6, 6.07) is 9.47. The SMILES string of the molecule is COc1ccc(C(C(=O)NCC2CCCO2)N(C(=O)c2snc(C(N)=O)c2N)c2cc(C)ccc2C)cc1OC. The van der Waals surface area contributed by atoms with Gasteiger partial charge in [-0.2, -0.15) is 4.37 Å². The fourth-order valence-electron chi connectivity index (χ4n) is 4.64. The Morgan fingerprint density at radius 3 is 2.52 bits per heavy atom. The summed E-state index contributed by atoms with van der Waals surface area (Å²) in [5.41, 5.74) is 13.8. The van der Waals surface area contributed by atoms with Crippen molar-refractivity contribution in [2.75, 3.05) is 38.0 Å². The van der Waals surface area contributed by atoms with Crippen LogP contribution >= 0.6 is 11.5 Å². The highest BCUT2D eigenvalue weighted by molar-refractivity contribution is 7.09. The van der Waals surface area contributed by atoms with Crippen molar-refractivity contribution in [2.24, 2.45) is 5.73 Å². The lowest BCUT2D eigenvalue weighted by Crippen LogP contribution is -2.46. The molecule has 1 aliphatic rings. The van der Waals surface area contributed by atoms with E-state index in [0.29, 0.717) is 29.4 Å². The Morgan fingerprint density at radius 2 is 1.90 bits per heavy atom. The molecule has 0 saturated carbocycles. The zero-order chi connectivity index (χ0) is 29.0. The molecule has 0 bridgehead atoms. The number of primary amides is 1. The molecule has 2 heterocycles. The Bertz CT molecular complexity index is 1420. The first-order valence-corrected chi connectivity index (χ1v) is 13.5. The number of amides is 3. The van der Waals surface area contributed by atoms with E-state index in [2.05, 4.69) is 9.69 Å². The zero-order valence-electron chi connectivity index (χ0n) is 22.9. The van der Waals surface area contributed by atoms with Crippen LogP contribution in [0, 0.1) is 13.8 Å². The number of carbonyl (C=O) groups excluding carboxylic acids is 3. The van der Waals surface area contributed by atoms with Crippen molar-refractivity contribution in [3.8, 4) is 11.5 Å². The van der Waals surface area contributed by atoms with Crippen LogP contribution in [0.5, 0.6) is 11.5 Å². The first kappa shape index (κ1) is 28.8. The minimum absolute atomic E-state index is 0.00731. The highest BCUT2D eigenvalue weighted by Crippen LogP contribution is 2.38. The molecule has 1 aromatic heterocycles. The summed E-state index contributed by atoms with van der Waals surface area (Å²) in [7, 11) is 3.00. The predicted octanol–water partition coefficient (Wildman–Crippen LogP) is 3.14. The van der Waals surface area contributed by atoms with Crippen molar-refractivity contribution in [1.82, 2.24) is 9.69 Å². The first-order valence-electron chi connectivity index (χ1n) is 12.7. The van der Waals surface area contributed by atoms with Gasteiger partial charge in [0, 0.05) is 18.8 Å². The van der Waals surface area contributed by atoms with Crippen molar-refractivity contribution >= 4 is 40.6 Å². The normalized spacial score (nSPS) is 15.3. The van der Waals surface area contributed by atoms with E-state index in [0.717, 1.165) is 35.5 Å². The number of rotatable bonds is 10. The number of methoxy groups -OCH3 is 2. The predicted molar refractivity (Wildman–Crippen MR) is 152 cm³/mol. The summed E-state index contributed by atoms with van der Waals surface area (Å²) in [6.07, 6.45) is 1.63. The van der Waals surface area contributed by atoms with Gasteiger partial charge in [-0.3, -0.25) is 19.3 Å². The molecule has 1 saturated heterocycles. The molecular weight excluding hydrogens is 534 g/mol. The third-order valence-corrected chi connectivity index (χ3v) is 7.61. The maximum Gasteiger partial charge on any atom is 0.273 e. The fraction of sp³-hybridized carbons (Fsp3) is 0.357. The molecule has 12 heteroatoms. The van der Waals surface area contributed by atoms with Gasteiger partial charge in [0.25, 0.3) is 11.8 Å². The van der Waals surface area contributed by atoms with Crippen molar-refractivity contribution in [3.63, 3.8) is 0 Å². The van der Waals surface area contributed by atoms with Crippen molar-refractivity contribution < 1.29 is 28.6 Å². The lowest BCUT2D eigenvalue weighted by molar-refractivity contribution is -0.123. The van der Waals surface area contributed by atoms with E-state index in [1.54, 1.807) is 18.2 Å². The number of benzene rings is 2. The van der Waals surface area contributed by atoms with Gasteiger partial charge in [-0.1, -0.05) is 18.2 Å². The van der Waals surface area contributed by atoms with Crippen LogP contribution in [-0.2, 0) is 9.53 Å². The quantitative estimate of drug-likeness (QED) is 0.337. The lowest BCUT2D eigenvalue weighted by Gasteiger charge is -2.33. The molecule has 2 unspecified atom stereocenters. The summed E-state index contributed by atoms with van der Waals surface area (Å²) in [4.78, 5) is 41.6. The zero-order valence-corrected chi connectivity index (χ0v) is 23.7. The number of hydrogen-bond donors (Lipinski definition) is 3. The second-order valence-corrected chi connectivity index (χ2v) is 10.3. The van der Waals surface area contributed by atoms with Crippen LogP contribution < -0.4 is 31.2 Å². The summed E-state index contributed by atoms with van der Waals surface area (Å²) in [5.74, 6) is -1.04. The van der Waals surface area contributed by atoms with Crippen LogP contribution in [0.25, 0.3) is 0 Å². The maximum atomic E-state index is 14.3. The monoisotopic (exact) mass is 567 g/mol. The van der Waals surface area contributed by atoms with Gasteiger partial charge in [-0.25, -0.2) is 0 Å². The van der Waals surface area contributed by atoms with Gasteiger partial charge >= 0.3 is 0 Å². The number of anilines is 2. The molecule has 1 fully saturated rings. The van der Waals surface area contributed by atoms with E-state index < -0.39 is 23.8 Å². The number of nitrogens with two attached hydrogens (primary N) is 2. The summed E-state index contributed by atoms with van der Waals surface area (Å²) in [6.45, 7) is 4.65. The molecule has 4 rings (SSSR count). The van der Waals surface area contributed by atoms with E-state index in [9.17, 15) is 14.4 Å². The Kier molecular flexibility index (Phi) is 8.90. The number of nitrogen functional groups attached to an aromatic ring is 1. The van der Waals surface area contributed by atoms with Crippen LogP contribution in [0.4, 0.5) is 11.4 Å². The van der Waals surface area contributed by atoms with Crippen molar-refractivity contribution in [1.29, 1.82) is 0 Å². The molecule has 5 N–H and O–H groups in total. The smallest absolute Gasteiger partial charge is 0.273 e. The van der Waals surface area contributed by atoms with Crippen molar-refractivity contribution in [2.45, 2.75) is 38.8 Å². The maximum absolute atomic E-state index is 14.3. The molecule has 212 valence electrons. The second-order valence-electron chi connectivity index (χ2n) is 9.50. The number of aryl methyl sites for hydroxylation is 2. The van der Waals surface area contributed by atoms with Crippen LogP contribution in [0.2, 0.25) is 0 Å². The molecule has 0 radical (unpaired) electrons. The van der Waals surface area contributed by atoms with Gasteiger partial charge < -0.3 is 31.0 Å². The average Bonchev–Trinajstić information content (AvgIpc) is 3.61. The molecule has 2 aromatic carbocycles. The number of aromatic nitrogens is 1. The molecule has 40 heavy (non-hydrogen) atoms. The van der Waals surface area contributed by atoms with E-state index in [1.165, 1.54) is 19.1 Å². The van der Waals surface area contributed by atoms with Gasteiger partial charge in [0.05, 0.1) is 26.0 Å². The van der Waals surface area contributed by atoms with Crippen LogP contribution in [0.1, 0.15) is 55.7 Å². The van der Waals surface area contributed by atoms with Gasteiger partial charge in [0.2, 0.25) is 5.91 Å². The minimum Gasteiger partial charge on any atom is -0.493 e. The molecule has 3 amide bonds. The van der Waals surface area contributed by atoms with Crippen molar-refractivity contribution in [3.05, 3.63) is 63.7 Å².